The topological polar surface area (TPSA) is 53.6 Å². The third-order valence-corrected chi connectivity index (χ3v) is 3.15. The highest BCUT2D eigenvalue weighted by Gasteiger charge is 2.26. The highest BCUT2D eigenvalue weighted by molar-refractivity contribution is 7.80. The number of hydrogen-bond donors (Lipinski definition) is 2. The Balaban J connectivity index is 2.31. The number of ether oxygens (including phenoxy) is 1. The van der Waals surface area contributed by atoms with Crippen molar-refractivity contribution >= 4 is 23.4 Å². The molecule has 2 N–H and O–H groups in total. The molecule has 1 aliphatic rings. The third-order valence-electron chi connectivity index (χ3n) is 2.89. The minimum absolute atomic E-state index is 0.233. The Morgan fingerprint density at radius 3 is 2.55 bits per heavy atom. The van der Waals surface area contributed by atoms with Crippen molar-refractivity contribution in [2.75, 3.05) is 19.6 Å². The van der Waals surface area contributed by atoms with Crippen molar-refractivity contribution in [1.29, 1.82) is 0 Å². The Bertz CT molecular complexity index is 358. The highest BCUT2D eigenvalue weighted by atomic mass is 32.1. The maximum Gasteiger partial charge on any atom is 0.410 e. The molecular weight excluding hydrogens is 274 g/mol. The lowest BCUT2D eigenvalue weighted by Gasteiger charge is -2.34. The number of carbonyl (C=O) groups is 1. The second-order valence-electron chi connectivity index (χ2n) is 5.88. The van der Waals surface area contributed by atoms with Gasteiger partial charge in [-0.05, 0) is 45.8 Å². The van der Waals surface area contributed by atoms with Crippen molar-refractivity contribution in [2.24, 2.45) is 0 Å². The van der Waals surface area contributed by atoms with Gasteiger partial charge in [-0.15, -0.1) is 6.58 Å². The lowest BCUT2D eigenvalue weighted by atomic mass is 10.1. The van der Waals surface area contributed by atoms with E-state index in [1.54, 1.807) is 11.0 Å². The number of piperidine rings is 1. The molecule has 1 aliphatic heterocycles. The summed E-state index contributed by atoms with van der Waals surface area (Å²) in [6.07, 6.45) is 3.27. The quantitative estimate of drug-likeness (QED) is 0.617. The van der Waals surface area contributed by atoms with Crippen LogP contribution in [-0.2, 0) is 4.74 Å². The lowest BCUT2D eigenvalue weighted by Crippen LogP contribution is -2.49. The summed E-state index contributed by atoms with van der Waals surface area (Å²) in [6, 6.07) is 0.304. The first kappa shape index (κ1) is 16.8. The number of rotatable bonds is 3. The fourth-order valence-corrected chi connectivity index (χ4v) is 2.18. The zero-order valence-corrected chi connectivity index (χ0v) is 13.4. The normalized spacial score (nSPS) is 16.4. The number of hydrogen-bond acceptors (Lipinski definition) is 3. The molecule has 1 heterocycles. The summed E-state index contributed by atoms with van der Waals surface area (Å²) in [5, 5.41) is 6.94. The molecule has 0 saturated carbocycles. The van der Waals surface area contributed by atoms with E-state index in [0.717, 1.165) is 12.8 Å². The molecule has 0 radical (unpaired) electrons. The summed E-state index contributed by atoms with van der Waals surface area (Å²) in [4.78, 5) is 13.7. The second kappa shape index (κ2) is 7.47. The van der Waals surface area contributed by atoms with E-state index in [1.165, 1.54) is 0 Å². The summed E-state index contributed by atoms with van der Waals surface area (Å²) in [7, 11) is 0. The molecule has 0 unspecified atom stereocenters. The van der Waals surface area contributed by atoms with Crippen LogP contribution in [0.15, 0.2) is 12.7 Å². The Kier molecular flexibility index (Phi) is 6.26. The van der Waals surface area contributed by atoms with E-state index in [2.05, 4.69) is 17.2 Å². The number of carbonyl (C=O) groups excluding carboxylic acids is 1. The van der Waals surface area contributed by atoms with Crippen LogP contribution in [0.2, 0.25) is 0 Å². The molecule has 0 aromatic heterocycles. The predicted molar refractivity (Wildman–Crippen MR) is 84.8 cm³/mol. The third kappa shape index (κ3) is 6.23. The lowest BCUT2D eigenvalue weighted by molar-refractivity contribution is 0.0203. The average molecular weight is 299 g/mol. The maximum atomic E-state index is 11.9. The Hall–Kier alpha value is -1.30. The van der Waals surface area contributed by atoms with Gasteiger partial charge in [-0.25, -0.2) is 4.79 Å². The smallest absolute Gasteiger partial charge is 0.410 e. The van der Waals surface area contributed by atoms with Crippen molar-refractivity contribution < 1.29 is 9.53 Å². The van der Waals surface area contributed by atoms with Crippen molar-refractivity contribution in [1.82, 2.24) is 15.5 Å². The monoisotopic (exact) mass is 299 g/mol. The maximum absolute atomic E-state index is 11.9. The first-order valence-electron chi connectivity index (χ1n) is 6.95. The van der Waals surface area contributed by atoms with Gasteiger partial charge in [0.15, 0.2) is 5.11 Å². The molecule has 20 heavy (non-hydrogen) atoms. The summed E-state index contributed by atoms with van der Waals surface area (Å²) < 4.78 is 5.36. The first-order valence-corrected chi connectivity index (χ1v) is 7.36. The molecule has 0 aliphatic carbocycles. The molecule has 6 heteroatoms. The molecule has 0 aromatic carbocycles. The van der Waals surface area contributed by atoms with Crippen LogP contribution in [0.25, 0.3) is 0 Å². The molecule has 5 nitrogen and oxygen atoms in total. The van der Waals surface area contributed by atoms with Crippen LogP contribution >= 0.6 is 12.2 Å². The zero-order valence-electron chi connectivity index (χ0n) is 12.6. The summed E-state index contributed by atoms with van der Waals surface area (Å²) in [6.45, 7) is 11.3. The van der Waals surface area contributed by atoms with E-state index in [9.17, 15) is 4.79 Å². The average Bonchev–Trinajstić information content (AvgIpc) is 2.35. The fraction of sp³-hybridized carbons (Fsp3) is 0.714. The zero-order chi connectivity index (χ0) is 15.2. The summed E-state index contributed by atoms with van der Waals surface area (Å²) in [5.41, 5.74) is -0.442. The first-order chi connectivity index (χ1) is 9.31. The van der Waals surface area contributed by atoms with Crippen LogP contribution in [0, 0.1) is 0 Å². The van der Waals surface area contributed by atoms with Crippen molar-refractivity contribution in [3.63, 3.8) is 0 Å². The minimum Gasteiger partial charge on any atom is -0.444 e. The van der Waals surface area contributed by atoms with Gasteiger partial charge in [0.25, 0.3) is 0 Å². The number of amides is 1. The van der Waals surface area contributed by atoms with Crippen LogP contribution in [0.3, 0.4) is 0 Å². The number of nitrogens with zero attached hydrogens (tertiary/aromatic N) is 1. The van der Waals surface area contributed by atoms with Crippen LogP contribution < -0.4 is 10.6 Å². The van der Waals surface area contributed by atoms with E-state index in [-0.39, 0.29) is 6.09 Å². The molecule has 1 saturated heterocycles. The van der Waals surface area contributed by atoms with Crippen LogP contribution in [-0.4, -0.2) is 47.4 Å². The minimum atomic E-state index is -0.442. The Labute approximate surface area is 126 Å². The van der Waals surface area contributed by atoms with Gasteiger partial charge >= 0.3 is 6.09 Å². The largest absolute Gasteiger partial charge is 0.444 e. The van der Waals surface area contributed by atoms with E-state index < -0.39 is 5.60 Å². The van der Waals surface area contributed by atoms with E-state index in [0.29, 0.717) is 30.8 Å². The highest BCUT2D eigenvalue weighted by Crippen LogP contribution is 2.15. The van der Waals surface area contributed by atoms with Gasteiger partial charge in [0.2, 0.25) is 0 Å². The summed E-state index contributed by atoms with van der Waals surface area (Å²) >= 11 is 5.18. The van der Waals surface area contributed by atoms with Crippen molar-refractivity contribution in [2.45, 2.75) is 45.3 Å². The van der Waals surface area contributed by atoms with Gasteiger partial charge < -0.3 is 20.3 Å². The van der Waals surface area contributed by atoms with Gasteiger partial charge in [-0.3, -0.25) is 0 Å². The molecule has 0 bridgehead atoms. The Morgan fingerprint density at radius 1 is 1.45 bits per heavy atom. The van der Waals surface area contributed by atoms with Crippen LogP contribution in [0.4, 0.5) is 4.79 Å². The van der Waals surface area contributed by atoms with Crippen molar-refractivity contribution in [3.8, 4) is 0 Å². The molecular formula is C14H25N3O2S. The van der Waals surface area contributed by atoms with Gasteiger partial charge in [-0.2, -0.15) is 0 Å². The molecule has 0 atom stereocenters. The molecule has 1 fully saturated rings. The summed E-state index contributed by atoms with van der Waals surface area (Å²) in [5.74, 6) is 0. The SMILES string of the molecule is C=CCNC(=S)NC1CCN(C(=O)OC(C)(C)C)CC1. The molecule has 1 amide bonds. The van der Waals surface area contributed by atoms with Crippen LogP contribution in [0.5, 0.6) is 0 Å². The van der Waals surface area contributed by atoms with E-state index in [1.807, 2.05) is 20.8 Å². The molecule has 114 valence electrons. The van der Waals surface area contributed by atoms with Gasteiger partial charge in [0, 0.05) is 25.7 Å². The number of thiocarbonyl (C=S) groups is 1. The van der Waals surface area contributed by atoms with Gasteiger partial charge in [0.1, 0.15) is 5.60 Å². The molecule has 0 spiro atoms. The van der Waals surface area contributed by atoms with E-state index in [4.69, 9.17) is 17.0 Å². The fourth-order valence-electron chi connectivity index (χ4n) is 1.93. The number of likely N-dealkylation sites (tertiary alicyclic amines) is 1. The molecule has 1 rings (SSSR count). The Morgan fingerprint density at radius 2 is 2.05 bits per heavy atom. The van der Waals surface area contributed by atoms with E-state index >= 15 is 0 Å². The predicted octanol–water partition coefficient (Wildman–Crippen LogP) is 2.04. The van der Waals surface area contributed by atoms with Gasteiger partial charge in [-0.1, -0.05) is 6.08 Å². The van der Waals surface area contributed by atoms with Crippen molar-refractivity contribution in [3.05, 3.63) is 12.7 Å². The second-order valence-corrected chi connectivity index (χ2v) is 6.29. The number of nitrogens with one attached hydrogen (secondary N) is 2. The standard InChI is InChI=1S/C14H25N3O2S/c1-5-8-15-12(20)16-11-6-9-17(10-7-11)13(18)19-14(2,3)4/h5,11H,1,6-10H2,2-4H3,(H2,15,16,20). The van der Waals surface area contributed by atoms with Gasteiger partial charge in [0.05, 0.1) is 0 Å². The van der Waals surface area contributed by atoms with Crippen LogP contribution in [0.1, 0.15) is 33.6 Å². The molecule has 0 aromatic rings.